The van der Waals surface area contributed by atoms with Crippen LogP contribution in [0.2, 0.25) is 0 Å². The summed E-state index contributed by atoms with van der Waals surface area (Å²) in [6, 6.07) is 16.0. The molecule has 1 fully saturated rings. The van der Waals surface area contributed by atoms with Crippen LogP contribution in [0.1, 0.15) is 41.3 Å². The molecule has 9 nitrogen and oxygen atoms in total. The van der Waals surface area contributed by atoms with Gasteiger partial charge in [-0.3, -0.25) is 9.69 Å². The summed E-state index contributed by atoms with van der Waals surface area (Å²) in [4.78, 5) is 29.4. The summed E-state index contributed by atoms with van der Waals surface area (Å²) >= 11 is 0. The molecule has 35 heavy (non-hydrogen) atoms. The van der Waals surface area contributed by atoms with Crippen molar-refractivity contribution < 1.29 is 9.59 Å². The van der Waals surface area contributed by atoms with Crippen molar-refractivity contribution in [1.82, 2.24) is 24.6 Å². The van der Waals surface area contributed by atoms with Gasteiger partial charge in [-0.25, -0.2) is 4.79 Å². The van der Waals surface area contributed by atoms with Crippen LogP contribution in [0.4, 0.5) is 16.2 Å². The van der Waals surface area contributed by atoms with Crippen molar-refractivity contribution in [2.45, 2.75) is 38.8 Å². The SMILES string of the molecule is O=C(Nc1ccccc1)Nc1ccc(C(=O)N2CCN(Cc3nnc4n3CCCCC4)CC2)cc1. The standard InChI is InChI=1S/C26H31N7O2/c34-25(20-10-12-22(13-11-20)28-26(35)27-21-7-3-1-4-8-21)32-17-15-31(16-18-32)19-24-30-29-23-9-5-2-6-14-33(23)24/h1,3-4,7-8,10-13H,2,5-6,9,14-19H2,(H2,27,28,35). The molecule has 5 rings (SSSR count). The molecule has 2 aliphatic rings. The van der Waals surface area contributed by atoms with Crippen molar-refractivity contribution in [2.75, 3.05) is 36.8 Å². The molecule has 3 amide bonds. The van der Waals surface area contributed by atoms with E-state index in [2.05, 4.69) is 30.3 Å². The summed E-state index contributed by atoms with van der Waals surface area (Å²) in [7, 11) is 0. The molecule has 2 aliphatic heterocycles. The van der Waals surface area contributed by atoms with Gasteiger partial charge in [-0.15, -0.1) is 10.2 Å². The lowest BCUT2D eigenvalue weighted by Crippen LogP contribution is -2.48. The molecule has 0 bridgehead atoms. The fraction of sp³-hybridized carbons (Fsp3) is 0.385. The second-order valence-electron chi connectivity index (χ2n) is 9.09. The Morgan fingerprint density at radius 1 is 0.771 bits per heavy atom. The van der Waals surface area contributed by atoms with E-state index in [9.17, 15) is 9.59 Å². The lowest BCUT2D eigenvalue weighted by Gasteiger charge is -2.34. The number of carbonyl (C=O) groups excluding carboxylic acids is 2. The van der Waals surface area contributed by atoms with Crippen LogP contribution in [0.25, 0.3) is 0 Å². The van der Waals surface area contributed by atoms with Gasteiger partial charge >= 0.3 is 6.03 Å². The third kappa shape index (κ3) is 5.68. The van der Waals surface area contributed by atoms with Crippen LogP contribution in [0, 0.1) is 0 Å². The van der Waals surface area contributed by atoms with E-state index in [0.29, 0.717) is 24.3 Å². The molecule has 1 aromatic heterocycles. The minimum Gasteiger partial charge on any atom is -0.336 e. The lowest BCUT2D eigenvalue weighted by molar-refractivity contribution is 0.0624. The molecule has 2 N–H and O–H groups in total. The van der Waals surface area contributed by atoms with Gasteiger partial charge in [0.15, 0.2) is 0 Å². The number of anilines is 2. The number of hydrogen-bond acceptors (Lipinski definition) is 5. The Balaban J connectivity index is 1.11. The number of piperazine rings is 1. The Kier molecular flexibility index (Phi) is 7.04. The van der Waals surface area contributed by atoms with Crippen LogP contribution >= 0.6 is 0 Å². The van der Waals surface area contributed by atoms with E-state index in [1.807, 2.05) is 35.2 Å². The smallest absolute Gasteiger partial charge is 0.323 e. The summed E-state index contributed by atoms with van der Waals surface area (Å²) in [5.41, 5.74) is 1.97. The maximum atomic E-state index is 13.0. The zero-order valence-corrected chi connectivity index (χ0v) is 19.8. The molecule has 0 saturated carbocycles. The minimum absolute atomic E-state index is 0.0151. The first-order valence-electron chi connectivity index (χ1n) is 12.3. The van der Waals surface area contributed by atoms with Crippen molar-refractivity contribution in [3.05, 3.63) is 71.8 Å². The van der Waals surface area contributed by atoms with Crippen LogP contribution in [-0.2, 0) is 19.5 Å². The monoisotopic (exact) mass is 473 g/mol. The Hall–Kier alpha value is -3.72. The van der Waals surface area contributed by atoms with Crippen molar-refractivity contribution in [3.8, 4) is 0 Å². The second-order valence-corrected chi connectivity index (χ2v) is 9.09. The van der Waals surface area contributed by atoms with Gasteiger partial charge in [0.25, 0.3) is 5.91 Å². The predicted octanol–water partition coefficient (Wildman–Crippen LogP) is 3.61. The molecule has 0 radical (unpaired) electrons. The highest BCUT2D eigenvalue weighted by Gasteiger charge is 2.24. The zero-order valence-electron chi connectivity index (χ0n) is 19.8. The normalized spacial score (nSPS) is 16.3. The Labute approximate surface area is 205 Å². The Bertz CT molecular complexity index is 1150. The van der Waals surface area contributed by atoms with Crippen molar-refractivity contribution in [3.63, 3.8) is 0 Å². The summed E-state index contributed by atoms with van der Waals surface area (Å²) in [6.45, 7) is 4.77. The largest absolute Gasteiger partial charge is 0.336 e. The summed E-state index contributed by atoms with van der Waals surface area (Å²) in [5.74, 6) is 2.17. The van der Waals surface area contributed by atoms with Crippen LogP contribution < -0.4 is 10.6 Å². The van der Waals surface area contributed by atoms with E-state index in [4.69, 9.17) is 0 Å². The van der Waals surface area contributed by atoms with Crippen LogP contribution in [-0.4, -0.2) is 62.7 Å². The molecule has 0 atom stereocenters. The van der Waals surface area contributed by atoms with Crippen LogP contribution in [0.5, 0.6) is 0 Å². The number of para-hydroxylation sites is 1. The molecule has 0 aliphatic carbocycles. The van der Waals surface area contributed by atoms with E-state index in [0.717, 1.165) is 49.9 Å². The van der Waals surface area contributed by atoms with Gasteiger partial charge in [0.2, 0.25) is 0 Å². The number of nitrogens with zero attached hydrogens (tertiary/aromatic N) is 5. The topological polar surface area (TPSA) is 95.4 Å². The first kappa shape index (κ1) is 23.0. The highest BCUT2D eigenvalue weighted by atomic mass is 16.2. The molecular formula is C26H31N7O2. The van der Waals surface area contributed by atoms with Crippen LogP contribution in [0.3, 0.4) is 0 Å². The van der Waals surface area contributed by atoms with Gasteiger partial charge in [-0.1, -0.05) is 24.6 Å². The van der Waals surface area contributed by atoms with Gasteiger partial charge in [0.05, 0.1) is 6.54 Å². The Morgan fingerprint density at radius 2 is 1.49 bits per heavy atom. The fourth-order valence-electron chi connectivity index (χ4n) is 4.66. The van der Waals surface area contributed by atoms with E-state index in [1.54, 1.807) is 24.3 Å². The third-order valence-corrected chi connectivity index (χ3v) is 6.63. The maximum Gasteiger partial charge on any atom is 0.323 e. The number of hydrogen-bond donors (Lipinski definition) is 2. The average molecular weight is 474 g/mol. The first-order chi connectivity index (χ1) is 17.2. The molecule has 0 spiro atoms. The van der Waals surface area contributed by atoms with Crippen molar-refractivity contribution in [1.29, 1.82) is 0 Å². The molecule has 3 aromatic rings. The third-order valence-electron chi connectivity index (χ3n) is 6.63. The number of urea groups is 1. The van der Waals surface area contributed by atoms with Gasteiger partial charge in [-0.2, -0.15) is 0 Å². The second kappa shape index (κ2) is 10.7. The molecule has 182 valence electrons. The average Bonchev–Trinajstić information content (AvgIpc) is 3.10. The number of carbonyl (C=O) groups is 2. The molecular weight excluding hydrogens is 442 g/mol. The fourth-order valence-corrected chi connectivity index (χ4v) is 4.66. The predicted molar refractivity (Wildman–Crippen MR) is 134 cm³/mol. The molecule has 3 heterocycles. The summed E-state index contributed by atoms with van der Waals surface area (Å²) in [5, 5.41) is 14.4. The maximum absolute atomic E-state index is 13.0. The summed E-state index contributed by atoms with van der Waals surface area (Å²) in [6.07, 6.45) is 4.64. The number of benzene rings is 2. The first-order valence-corrected chi connectivity index (χ1v) is 12.3. The molecule has 9 heteroatoms. The van der Waals surface area contributed by atoms with E-state index in [1.165, 1.54) is 19.3 Å². The zero-order chi connectivity index (χ0) is 24.0. The summed E-state index contributed by atoms with van der Waals surface area (Å²) < 4.78 is 2.29. The van der Waals surface area contributed by atoms with Gasteiger partial charge in [0.1, 0.15) is 11.6 Å². The molecule has 0 unspecified atom stereocenters. The highest BCUT2D eigenvalue weighted by Crippen LogP contribution is 2.18. The van der Waals surface area contributed by atoms with E-state index in [-0.39, 0.29) is 11.9 Å². The molecule has 2 aromatic carbocycles. The van der Waals surface area contributed by atoms with Crippen LogP contribution in [0.15, 0.2) is 54.6 Å². The van der Waals surface area contributed by atoms with Gasteiger partial charge in [0, 0.05) is 56.1 Å². The Morgan fingerprint density at radius 3 is 2.23 bits per heavy atom. The number of rotatable bonds is 5. The van der Waals surface area contributed by atoms with E-state index >= 15 is 0 Å². The van der Waals surface area contributed by atoms with Gasteiger partial charge < -0.3 is 20.1 Å². The van der Waals surface area contributed by atoms with Gasteiger partial charge in [-0.05, 0) is 49.2 Å². The number of fused-ring (bicyclic) bond motifs is 1. The highest BCUT2D eigenvalue weighted by molar-refractivity contribution is 6.00. The molecule has 1 saturated heterocycles. The van der Waals surface area contributed by atoms with Crippen molar-refractivity contribution in [2.24, 2.45) is 0 Å². The lowest BCUT2D eigenvalue weighted by atomic mass is 10.1. The minimum atomic E-state index is -0.323. The van der Waals surface area contributed by atoms with E-state index < -0.39 is 0 Å². The van der Waals surface area contributed by atoms with Crippen molar-refractivity contribution >= 4 is 23.3 Å². The number of aryl methyl sites for hydroxylation is 1. The number of amides is 3. The number of aromatic nitrogens is 3. The quantitative estimate of drug-likeness (QED) is 0.590. The number of nitrogens with one attached hydrogen (secondary N) is 2.